The van der Waals surface area contributed by atoms with Crippen LogP contribution in [0.25, 0.3) is 0 Å². The van der Waals surface area contributed by atoms with Crippen LogP contribution in [0.1, 0.15) is 41.4 Å². The van der Waals surface area contributed by atoms with Gasteiger partial charge in [-0.15, -0.1) is 11.3 Å². The van der Waals surface area contributed by atoms with Crippen molar-refractivity contribution in [1.29, 1.82) is 0 Å². The topological polar surface area (TPSA) is 72.6 Å². The molecule has 156 valence electrons. The number of ether oxygens (including phenoxy) is 1. The molecule has 0 bridgehead atoms. The van der Waals surface area contributed by atoms with Gasteiger partial charge in [0, 0.05) is 6.54 Å². The van der Waals surface area contributed by atoms with Crippen molar-refractivity contribution >= 4 is 23.1 Å². The molecule has 1 aliphatic heterocycles. The van der Waals surface area contributed by atoms with Crippen LogP contribution in [0.3, 0.4) is 0 Å². The van der Waals surface area contributed by atoms with Gasteiger partial charge in [-0.05, 0) is 48.7 Å². The van der Waals surface area contributed by atoms with Crippen LogP contribution in [0.4, 0.5) is 0 Å². The molecule has 1 aromatic carbocycles. The molecule has 1 aliphatic rings. The third kappa shape index (κ3) is 6.23. The van der Waals surface area contributed by atoms with Crippen LogP contribution in [0.2, 0.25) is 0 Å². The SMILES string of the molecule is CCCC1CCN(CC(=O)c2cccs2)CC1OC(=O)C(N)Cc1ccccc1. The molecule has 1 saturated heterocycles. The predicted molar refractivity (Wildman–Crippen MR) is 116 cm³/mol. The van der Waals surface area contributed by atoms with Crippen molar-refractivity contribution in [3.05, 3.63) is 58.3 Å². The van der Waals surface area contributed by atoms with Gasteiger partial charge in [-0.3, -0.25) is 14.5 Å². The van der Waals surface area contributed by atoms with Gasteiger partial charge in [0.05, 0.1) is 11.4 Å². The second kappa shape index (κ2) is 10.7. The summed E-state index contributed by atoms with van der Waals surface area (Å²) in [6.45, 7) is 3.95. The fourth-order valence-electron chi connectivity index (χ4n) is 3.91. The van der Waals surface area contributed by atoms with Gasteiger partial charge in [0.2, 0.25) is 0 Å². The monoisotopic (exact) mass is 414 g/mol. The van der Waals surface area contributed by atoms with Gasteiger partial charge in [0.1, 0.15) is 12.1 Å². The minimum atomic E-state index is -0.678. The molecule has 0 saturated carbocycles. The van der Waals surface area contributed by atoms with E-state index in [0.717, 1.165) is 36.2 Å². The lowest BCUT2D eigenvalue weighted by atomic mass is 9.89. The number of thiophene rings is 1. The highest BCUT2D eigenvalue weighted by Crippen LogP contribution is 2.26. The van der Waals surface area contributed by atoms with E-state index in [0.29, 0.717) is 25.4 Å². The summed E-state index contributed by atoms with van der Waals surface area (Å²) in [5, 5.41) is 1.92. The summed E-state index contributed by atoms with van der Waals surface area (Å²) in [7, 11) is 0. The minimum Gasteiger partial charge on any atom is -0.460 e. The number of esters is 1. The summed E-state index contributed by atoms with van der Waals surface area (Å²) in [6, 6.07) is 12.8. The van der Waals surface area contributed by atoms with Crippen molar-refractivity contribution in [1.82, 2.24) is 4.90 Å². The lowest BCUT2D eigenvalue weighted by molar-refractivity contribution is -0.157. The van der Waals surface area contributed by atoms with Crippen LogP contribution in [0.5, 0.6) is 0 Å². The first kappa shape index (κ1) is 21.7. The zero-order chi connectivity index (χ0) is 20.6. The molecule has 1 fully saturated rings. The van der Waals surface area contributed by atoms with Gasteiger partial charge in [0.25, 0.3) is 0 Å². The predicted octanol–water partition coefficient (Wildman–Crippen LogP) is 3.53. The lowest BCUT2D eigenvalue weighted by Gasteiger charge is -2.38. The van der Waals surface area contributed by atoms with Crippen LogP contribution in [0.15, 0.2) is 47.8 Å². The molecular formula is C23H30N2O3S. The maximum absolute atomic E-state index is 12.7. The van der Waals surface area contributed by atoms with Crippen molar-refractivity contribution in [2.45, 2.75) is 44.8 Å². The highest BCUT2D eigenvalue weighted by atomic mass is 32.1. The summed E-state index contributed by atoms with van der Waals surface area (Å²) < 4.78 is 5.88. The smallest absolute Gasteiger partial charge is 0.323 e. The van der Waals surface area contributed by atoms with Crippen molar-refractivity contribution < 1.29 is 14.3 Å². The normalized spacial score (nSPS) is 20.9. The summed E-state index contributed by atoms with van der Waals surface area (Å²) in [5.74, 6) is 0.0900. The van der Waals surface area contributed by atoms with E-state index >= 15 is 0 Å². The fourth-order valence-corrected chi connectivity index (χ4v) is 4.57. The zero-order valence-electron chi connectivity index (χ0n) is 17.0. The first-order chi connectivity index (χ1) is 14.1. The Morgan fingerprint density at radius 1 is 1.24 bits per heavy atom. The van der Waals surface area contributed by atoms with Crippen LogP contribution in [-0.4, -0.2) is 48.4 Å². The molecule has 0 radical (unpaired) electrons. The maximum atomic E-state index is 12.7. The molecule has 0 aliphatic carbocycles. The first-order valence-electron chi connectivity index (χ1n) is 10.4. The van der Waals surface area contributed by atoms with Crippen molar-refractivity contribution in [3.8, 4) is 0 Å². The number of rotatable bonds is 9. The van der Waals surface area contributed by atoms with E-state index in [1.54, 1.807) is 0 Å². The number of hydrogen-bond donors (Lipinski definition) is 1. The molecule has 3 unspecified atom stereocenters. The molecule has 6 heteroatoms. The Bertz CT molecular complexity index is 779. The molecule has 2 aromatic rings. The van der Waals surface area contributed by atoms with Gasteiger partial charge in [-0.1, -0.05) is 49.7 Å². The van der Waals surface area contributed by atoms with E-state index in [9.17, 15) is 9.59 Å². The van der Waals surface area contributed by atoms with E-state index < -0.39 is 6.04 Å². The average Bonchev–Trinajstić information content (AvgIpc) is 3.26. The quantitative estimate of drug-likeness (QED) is 0.502. The molecule has 0 amide bonds. The van der Waals surface area contributed by atoms with E-state index in [-0.39, 0.29) is 17.9 Å². The Morgan fingerprint density at radius 3 is 2.72 bits per heavy atom. The second-order valence-electron chi connectivity index (χ2n) is 7.74. The third-order valence-electron chi connectivity index (χ3n) is 5.47. The molecule has 5 nitrogen and oxygen atoms in total. The van der Waals surface area contributed by atoms with E-state index in [1.165, 1.54) is 11.3 Å². The number of Topliss-reactive ketones (excluding diaryl/α,β-unsaturated/α-hetero) is 1. The van der Waals surface area contributed by atoms with E-state index in [4.69, 9.17) is 10.5 Å². The first-order valence-corrected chi connectivity index (χ1v) is 11.2. The lowest BCUT2D eigenvalue weighted by Crippen LogP contribution is -2.49. The molecule has 1 aromatic heterocycles. The van der Waals surface area contributed by atoms with Crippen molar-refractivity contribution in [2.24, 2.45) is 11.7 Å². The largest absolute Gasteiger partial charge is 0.460 e. The summed E-state index contributed by atoms with van der Waals surface area (Å²) in [5.41, 5.74) is 7.15. The molecule has 0 spiro atoms. The highest BCUT2D eigenvalue weighted by molar-refractivity contribution is 7.12. The van der Waals surface area contributed by atoms with Crippen LogP contribution in [-0.2, 0) is 16.0 Å². The Kier molecular flexibility index (Phi) is 7.98. The number of hydrogen-bond acceptors (Lipinski definition) is 6. The number of likely N-dealkylation sites (tertiary alicyclic amines) is 1. The Hall–Kier alpha value is -2.02. The number of nitrogens with zero attached hydrogens (tertiary/aromatic N) is 1. The molecular weight excluding hydrogens is 384 g/mol. The number of piperidine rings is 1. The number of benzene rings is 1. The Labute approximate surface area is 176 Å². The molecule has 2 N–H and O–H groups in total. The number of ketones is 1. The van der Waals surface area contributed by atoms with Crippen LogP contribution in [0, 0.1) is 5.92 Å². The third-order valence-corrected chi connectivity index (χ3v) is 6.38. The standard InChI is InChI=1S/C23H30N2O3S/c1-2-7-18-11-12-25(15-20(26)22-10-6-13-29-22)16-21(18)28-23(27)19(24)14-17-8-4-3-5-9-17/h3-6,8-10,13,18-19,21H,2,7,11-12,14-16,24H2,1H3. The van der Waals surface area contributed by atoms with Gasteiger partial charge in [-0.2, -0.15) is 0 Å². The Morgan fingerprint density at radius 2 is 2.03 bits per heavy atom. The van der Waals surface area contributed by atoms with Gasteiger partial charge >= 0.3 is 5.97 Å². The van der Waals surface area contributed by atoms with Crippen LogP contribution >= 0.6 is 11.3 Å². The summed E-state index contributed by atoms with van der Waals surface area (Å²) in [6.07, 6.45) is 3.24. The fraction of sp³-hybridized carbons (Fsp3) is 0.478. The zero-order valence-corrected chi connectivity index (χ0v) is 17.8. The number of carbonyl (C=O) groups excluding carboxylic acids is 2. The van der Waals surface area contributed by atoms with Gasteiger partial charge in [0.15, 0.2) is 5.78 Å². The van der Waals surface area contributed by atoms with E-state index in [1.807, 2.05) is 47.8 Å². The summed E-state index contributed by atoms with van der Waals surface area (Å²) >= 11 is 1.47. The molecule has 3 rings (SSSR count). The second-order valence-corrected chi connectivity index (χ2v) is 8.69. The Balaban J connectivity index is 1.58. The van der Waals surface area contributed by atoms with Crippen LogP contribution < -0.4 is 5.73 Å². The van der Waals surface area contributed by atoms with Gasteiger partial charge < -0.3 is 10.5 Å². The van der Waals surface area contributed by atoms with Crippen molar-refractivity contribution in [2.75, 3.05) is 19.6 Å². The average molecular weight is 415 g/mol. The highest BCUT2D eigenvalue weighted by Gasteiger charge is 2.33. The summed E-state index contributed by atoms with van der Waals surface area (Å²) in [4.78, 5) is 28.0. The minimum absolute atomic E-state index is 0.125. The molecule has 29 heavy (non-hydrogen) atoms. The number of nitrogens with two attached hydrogens (primary N) is 1. The van der Waals surface area contributed by atoms with E-state index in [2.05, 4.69) is 11.8 Å². The van der Waals surface area contributed by atoms with Gasteiger partial charge in [-0.25, -0.2) is 0 Å². The molecule has 3 atom stereocenters. The maximum Gasteiger partial charge on any atom is 0.323 e. The molecule has 2 heterocycles. The van der Waals surface area contributed by atoms with Crippen molar-refractivity contribution in [3.63, 3.8) is 0 Å². The number of carbonyl (C=O) groups is 2.